The molecule has 12 nitrogen and oxygen atoms in total. The van der Waals surface area contributed by atoms with Crippen LogP contribution in [0.5, 0.6) is 5.75 Å². The van der Waals surface area contributed by atoms with E-state index in [4.69, 9.17) is 15.2 Å². The summed E-state index contributed by atoms with van der Waals surface area (Å²) in [4.78, 5) is 36.1. The zero-order valence-corrected chi connectivity index (χ0v) is 24.3. The Balaban J connectivity index is 1.70. The second-order valence-corrected chi connectivity index (χ2v) is 12.5. The molecule has 2 aliphatic heterocycles. The molecular formula is C28H34N6O6S. The largest absolute Gasteiger partial charge is 0.491 e. The van der Waals surface area contributed by atoms with E-state index in [1.165, 1.54) is 34.6 Å². The molecule has 218 valence electrons. The highest BCUT2D eigenvalue weighted by atomic mass is 32.2. The summed E-state index contributed by atoms with van der Waals surface area (Å²) in [5.41, 5.74) is 6.47. The van der Waals surface area contributed by atoms with Crippen LogP contribution in [0.1, 0.15) is 37.7 Å². The van der Waals surface area contributed by atoms with Crippen LogP contribution in [-0.4, -0.2) is 78.5 Å². The van der Waals surface area contributed by atoms with Gasteiger partial charge in [0.1, 0.15) is 11.4 Å². The van der Waals surface area contributed by atoms with Gasteiger partial charge in [0.05, 0.1) is 29.1 Å². The number of hydrogen-bond donors (Lipinski definition) is 2. The summed E-state index contributed by atoms with van der Waals surface area (Å²) in [5, 5.41) is 2.78. The molecule has 13 heteroatoms. The number of likely N-dealkylation sites (N-methyl/N-ethyl adjacent to an activating group) is 1. The van der Waals surface area contributed by atoms with Gasteiger partial charge in [-0.25, -0.2) is 23.2 Å². The van der Waals surface area contributed by atoms with E-state index in [1.807, 2.05) is 0 Å². The Bertz CT molecular complexity index is 1520. The fourth-order valence-corrected chi connectivity index (χ4v) is 5.16. The number of carbonyl (C=O) groups is 2. The molecule has 2 amide bonds. The van der Waals surface area contributed by atoms with E-state index >= 15 is 0 Å². The summed E-state index contributed by atoms with van der Waals surface area (Å²) >= 11 is 0. The number of hydrogen-bond acceptors (Lipinski definition) is 9. The minimum atomic E-state index is -3.87. The quantitative estimate of drug-likeness (QED) is 0.404. The van der Waals surface area contributed by atoms with E-state index in [2.05, 4.69) is 15.3 Å². The molecule has 0 saturated carbocycles. The van der Waals surface area contributed by atoms with Gasteiger partial charge in [0.15, 0.2) is 11.5 Å². The molecule has 1 aromatic heterocycles. The first-order valence-corrected chi connectivity index (χ1v) is 14.5. The molecule has 0 atom stereocenters. The smallest absolute Gasteiger partial charge is 0.410 e. The number of sulfonamides is 1. The fourth-order valence-electron chi connectivity index (χ4n) is 4.00. The molecule has 5 rings (SSSR count). The van der Waals surface area contributed by atoms with Crippen molar-refractivity contribution >= 4 is 33.5 Å². The number of anilines is 2. The van der Waals surface area contributed by atoms with Crippen molar-refractivity contribution in [1.82, 2.24) is 19.2 Å². The van der Waals surface area contributed by atoms with Crippen molar-refractivity contribution in [3.05, 3.63) is 60.4 Å². The first-order valence-electron chi connectivity index (χ1n) is 13.1. The van der Waals surface area contributed by atoms with Gasteiger partial charge in [-0.1, -0.05) is 24.3 Å². The van der Waals surface area contributed by atoms with E-state index in [-0.39, 0.29) is 42.6 Å². The van der Waals surface area contributed by atoms with Crippen molar-refractivity contribution in [2.24, 2.45) is 0 Å². The maximum absolute atomic E-state index is 13.3. The van der Waals surface area contributed by atoms with Gasteiger partial charge in [-0.3, -0.25) is 4.79 Å². The van der Waals surface area contributed by atoms with Gasteiger partial charge in [-0.05, 0) is 51.5 Å². The van der Waals surface area contributed by atoms with E-state index < -0.39 is 27.6 Å². The van der Waals surface area contributed by atoms with Crippen LogP contribution in [0, 0.1) is 0 Å². The number of nitrogens with two attached hydrogens (primary N) is 1. The minimum Gasteiger partial charge on any atom is -0.491 e. The average molecular weight is 583 g/mol. The van der Waals surface area contributed by atoms with Crippen LogP contribution < -0.4 is 15.8 Å². The SMILES string of the molecule is CN1CCN(C(=O)OC(C)(C)C)CCCOc2ccccc2NC(=O)c2nc(cnc2N)-c2ccc(cc2)S1(=O)=O. The Morgan fingerprint density at radius 1 is 1.07 bits per heavy atom. The van der Waals surface area contributed by atoms with Gasteiger partial charge in [0.2, 0.25) is 10.0 Å². The second-order valence-electron chi connectivity index (χ2n) is 10.5. The number of carbonyl (C=O) groups excluding carboxylic acids is 2. The molecule has 2 aromatic carbocycles. The maximum Gasteiger partial charge on any atom is 0.410 e. The minimum absolute atomic E-state index is 0.0475. The zero-order valence-electron chi connectivity index (χ0n) is 23.5. The summed E-state index contributed by atoms with van der Waals surface area (Å²) in [6.07, 6.45) is 1.28. The lowest BCUT2D eigenvalue weighted by Gasteiger charge is -2.29. The average Bonchev–Trinajstić information content (AvgIpc) is 2.92. The Kier molecular flexibility index (Phi) is 8.78. The number of rotatable bonds is 0. The van der Waals surface area contributed by atoms with Gasteiger partial charge in [0, 0.05) is 32.2 Å². The number of ether oxygens (including phenoxy) is 2. The standard InChI is InChI=1S/C28H34N6O6S/c1-28(2,3)40-27(36)34-14-7-17-39-23-9-6-5-8-21(23)32-26(35)24-25(29)30-18-22(31-24)19-10-12-20(13-11-19)41(37,38)33(4)15-16-34/h5-6,8-13,18H,7,14-17H2,1-4H3,(H2,29,30)(H,32,35). The second kappa shape index (κ2) is 12.1. The predicted molar refractivity (Wildman–Crippen MR) is 154 cm³/mol. The molecule has 4 bridgehead atoms. The zero-order chi connectivity index (χ0) is 29.8. The molecule has 3 aromatic rings. The Morgan fingerprint density at radius 2 is 1.78 bits per heavy atom. The summed E-state index contributed by atoms with van der Waals surface area (Å²) in [7, 11) is -2.41. The van der Waals surface area contributed by atoms with Crippen molar-refractivity contribution in [2.45, 2.75) is 37.7 Å². The molecule has 2 aliphatic rings. The summed E-state index contributed by atoms with van der Waals surface area (Å²) in [5.74, 6) is -0.225. The van der Waals surface area contributed by atoms with E-state index in [0.717, 1.165) is 0 Å². The molecule has 0 aliphatic carbocycles. The van der Waals surface area contributed by atoms with E-state index in [0.29, 0.717) is 29.1 Å². The summed E-state index contributed by atoms with van der Waals surface area (Å²) in [6.45, 7) is 5.92. The molecule has 0 spiro atoms. The van der Waals surface area contributed by atoms with Gasteiger partial charge in [-0.15, -0.1) is 0 Å². The van der Waals surface area contributed by atoms with Gasteiger partial charge < -0.3 is 25.4 Å². The summed E-state index contributed by atoms with van der Waals surface area (Å²) in [6, 6.07) is 13.0. The normalized spacial score (nSPS) is 16.7. The van der Waals surface area contributed by atoms with Gasteiger partial charge in [0.25, 0.3) is 5.91 Å². The molecule has 0 fully saturated rings. The van der Waals surface area contributed by atoms with Crippen molar-refractivity contribution in [1.29, 1.82) is 0 Å². The van der Waals surface area contributed by atoms with Crippen molar-refractivity contribution in [3.63, 3.8) is 0 Å². The lowest BCUT2D eigenvalue weighted by molar-refractivity contribution is 0.0237. The maximum atomic E-state index is 13.3. The Morgan fingerprint density at radius 3 is 2.49 bits per heavy atom. The van der Waals surface area contributed by atoms with Crippen LogP contribution in [0.15, 0.2) is 59.6 Å². The van der Waals surface area contributed by atoms with Gasteiger partial charge in [-0.2, -0.15) is 4.31 Å². The molecule has 0 radical (unpaired) electrons. The lowest BCUT2D eigenvalue weighted by atomic mass is 10.1. The number of aromatic nitrogens is 2. The molecule has 0 unspecified atom stereocenters. The highest BCUT2D eigenvalue weighted by Gasteiger charge is 2.26. The first kappa shape index (κ1) is 29.7. The Hall–Kier alpha value is -4.23. The van der Waals surface area contributed by atoms with E-state index in [1.54, 1.807) is 57.2 Å². The number of nitrogens with zero attached hydrogens (tertiary/aromatic N) is 4. The molecule has 3 heterocycles. The number of nitrogen functional groups attached to an aromatic ring is 1. The number of amides is 2. The van der Waals surface area contributed by atoms with E-state index in [9.17, 15) is 18.0 Å². The van der Waals surface area contributed by atoms with Crippen molar-refractivity contribution in [2.75, 3.05) is 44.3 Å². The third kappa shape index (κ3) is 7.30. The molecule has 0 saturated heterocycles. The molecule has 3 N–H and O–H groups in total. The predicted octanol–water partition coefficient (Wildman–Crippen LogP) is 3.62. The first-order chi connectivity index (χ1) is 19.3. The number of nitrogens with one attached hydrogen (secondary N) is 1. The Labute approximate surface area is 239 Å². The van der Waals surface area contributed by atoms with Crippen molar-refractivity contribution in [3.8, 4) is 17.0 Å². The highest BCUT2D eigenvalue weighted by Crippen LogP contribution is 2.26. The van der Waals surface area contributed by atoms with Gasteiger partial charge >= 0.3 is 6.09 Å². The number of benzene rings is 2. The summed E-state index contributed by atoms with van der Waals surface area (Å²) < 4.78 is 39.2. The molecule has 41 heavy (non-hydrogen) atoms. The van der Waals surface area contributed by atoms with Crippen LogP contribution in [0.2, 0.25) is 0 Å². The number of para-hydroxylation sites is 2. The van der Waals surface area contributed by atoms with Crippen LogP contribution >= 0.6 is 0 Å². The van der Waals surface area contributed by atoms with Crippen LogP contribution in [0.4, 0.5) is 16.3 Å². The third-order valence-corrected chi connectivity index (χ3v) is 8.05. The van der Waals surface area contributed by atoms with Crippen molar-refractivity contribution < 1.29 is 27.5 Å². The van der Waals surface area contributed by atoms with Crippen LogP contribution in [0.3, 0.4) is 0 Å². The van der Waals surface area contributed by atoms with Crippen LogP contribution in [0.25, 0.3) is 11.3 Å². The number of fused-ring (bicyclic) bond motifs is 11. The molecular weight excluding hydrogens is 548 g/mol. The van der Waals surface area contributed by atoms with Crippen LogP contribution in [-0.2, 0) is 14.8 Å². The fraction of sp³-hybridized carbons (Fsp3) is 0.357. The highest BCUT2D eigenvalue weighted by molar-refractivity contribution is 7.89. The topological polar surface area (TPSA) is 157 Å². The monoisotopic (exact) mass is 582 g/mol. The lowest BCUT2D eigenvalue weighted by Crippen LogP contribution is -2.42. The third-order valence-electron chi connectivity index (χ3n) is 6.18.